The van der Waals surface area contributed by atoms with Gasteiger partial charge in [0.15, 0.2) is 5.16 Å². The Morgan fingerprint density at radius 3 is 2.53 bits per heavy atom. The van der Waals surface area contributed by atoms with Gasteiger partial charge in [-0.25, -0.2) is 9.97 Å². The highest BCUT2D eigenvalue weighted by Gasteiger charge is 2.01. The van der Waals surface area contributed by atoms with Crippen molar-refractivity contribution in [2.24, 2.45) is 0 Å². The first kappa shape index (κ1) is 14.3. The highest BCUT2D eigenvalue weighted by Crippen LogP contribution is 2.21. The van der Waals surface area contributed by atoms with Gasteiger partial charge in [-0.05, 0) is 48.0 Å². The summed E-state index contributed by atoms with van der Waals surface area (Å²) >= 11 is 5.19. The van der Waals surface area contributed by atoms with E-state index in [-0.39, 0.29) is 0 Å². The second kappa shape index (κ2) is 6.91. The van der Waals surface area contributed by atoms with Crippen molar-refractivity contribution < 1.29 is 0 Å². The third kappa shape index (κ3) is 4.51. The zero-order valence-corrected chi connectivity index (χ0v) is 13.4. The van der Waals surface area contributed by atoms with Crippen molar-refractivity contribution in [2.45, 2.75) is 19.0 Å². The highest BCUT2D eigenvalue weighted by molar-refractivity contribution is 9.10. The molecule has 3 nitrogen and oxygen atoms in total. The molecule has 0 bridgehead atoms. The molecular weight excluding hydrogens is 322 g/mol. The predicted octanol–water partition coefficient (Wildman–Crippen LogP) is 4.06. The van der Waals surface area contributed by atoms with Crippen molar-refractivity contribution in [1.29, 1.82) is 0 Å². The van der Waals surface area contributed by atoms with E-state index in [9.17, 15) is 0 Å². The molecule has 0 saturated heterocycles. The minimum atomic E-state index is 0.853. The molecule has 0 saturated carbocycles. The molecule has 2 aromatic rings. The van der Waals surface area contributed by atoms with Crippen LogP contribution in [0.4, 0.5) is 5.69 Å². The van der Waals surface area contributed by atoms with Crippen molar-refractivity contribution in [3.8, 4) is 0 Å². The summed E-state index contributed by atoms with van der Waals surface area (Å²) in [5.74, 6) is 0.935. The molecule has 100 valence electrons. The zero-order valence-electron chi connectivity index (χ0n) is 11.0. The van der Waals surface area contributed by atoms with Gasteiger partial charge in [0.2, 0.25) is 0 Å². The lowest BCUT2D eigenvalue weighted by Crippen LogP contribution is -2.05. The maximum atomic E-state index is 4.41. The molecule has 1 heterocycles. The minimum absolute atomic E-state index is 0.853. The number of aromatic nitrogens is 2. The molecular formula is C14H16BrN3S. The summed E-state index contributed by atoms with van der Waals surface area (Å²) in [7, 11) is 0. The molecule has 5 heteroatoms. The van der Waals surface area contributed by atoms with E-state index in [4.69, 9.17) is 0 Å². The number of thioether (sulfide) groups is 1. The van der Waals surface area contributed by atoms with Gasteiger partial charge in [-0.15, -0.1) is 0 Å². The van der Waals surface area contributed by atoms with Gasteiger partial charge in [-0.2, -0.15) is 0 Å². The van der Waals surface area contributed by atoms with Gasteiger partial charge in [-0.1, -0.05) is 23.9 Å². The Hall–Kier alpha value is -1.07. The van der Waals surface area contributed by atoms with Crippen LogP contribution in [0.25, 0.3) is 0 Å². The summed E-state index contributed by atoms with van der Waals surface area (Å²) in [6, 6.07) is 10.1. The number of rotatable bonds is 5. The SMILES string of the molecule is Cc1cc(C)nc(SCCNc2ccccc2Br)n1. The number of hydrogen-bond donors (Lipinski definition) is 1. The van der Waals surface area contributed by atoms with Crippen LogP contribution in [0.5, 0.6) is 0 Å². The maximum Gasteiger partial charge on any atom is 0.188 e. The van der Waals surface area contributed by atoms with Crippen molar-refractivity contribution in [1.82, 2.24) is 9.97 Å². The van der Waals surface area contributed by atoms with E-state index in [0.717, 1.165) is 39.0 Å². The minimum Gasteiger partial charge on any atom is -0.383 e. The van der Waals surface area contributed by atoms with Gasteiger partial charge in [0.05, 0.1) is 0 Å². The largest absolute Gasteiger partial charge is 0.383 e. The smallest absolute Gasteiger partial charge is 0.188 e. The molecule has 1 aromatic heterocycles. The van der Waals surface area contributed by atoms with Crippen molar-refractivity contribution in [3.05, 3.63) is 46.2 Å². The number of anilines is 1. The fourth-order valence-corrected chi connectivity index (χ4v) is 2.92. The number of nitrogens with one attached hydrogen (secondary N) is 1. The molecule has 2 rings (SSSR count). The molecule has 0 aliphatic rings. The molecule has 1 aromatic carbocycles. The summed E-state index contributed by atoms with van der Waals surface area (Å²) in [4.78, 5) is 8.82. The molecule has 19 heavy (non-hydrogen) atoms. The zero-order chi connectivity index (χ0) is 13.7. The molecule has 0 unspecified atom stereocenters. The van der Waals surface area contributed by atoms with Gasteiger partial charge >= 0.3 is 0 Å². The van der Waals surface area contributed by atoms with E-state index in [1.807, 2.05) is 38.1 Å². The number of benzene rings is 1. The van der Waals surface area contributed by atoms with E-state index < -0.39 is 0 Å². The lowest BCUT2D eigenvalue weighted by Gasteiger charge is -2.08. The predicted molar refractivity (Wildman–Crippen MR) is 84.9 cm³/mol. The molecule has 0 aliphatic carbocycles. The Kier molecular flexibility index (Phi) is 5.22. The van der Waals surface area contributed by atoms with Crippen LogP contribution in [0.15, 0.2) is 40.0 Å². The Morgan fingerprint density at radius 1 is 1.16 bits per heavy atom. The lowest BCUT2D eigenvalue weighted by atomic mass is 10.3. The van der Waals surface area contributed by atoms with Gasteiger partial charge in [0, 0.05) is 33.8 Å². The Bertz CT molecular complexity index is 540. The van der Waals surface area contributed by atoms with Crippen molar-refractivity contribution in [3.63, 3.8) is 0 Å². The average molecular weight is 338 g/mol. The molecule has 0 fully saturated rings. The fourth-order valence-electron chi connectivity index (χ4n) is 1.69. The second-order valence-electron chi connectivity index (χ2n) is 4.19. The van der Waals surface area contributed by atoms with Gasteiger partial charge in [-0.3, -0.25) is 0 Å². The summed E-state index contributed by atoms with van der Waals surface area (Å²) in [6.45, 7) is 4.87. The van der Waals surface area contributed by atoms with E-state index in [0.29, 0.717) is 0 Å². The van der Waals surface area contributed by atoms with Gasteiger partial charge < -0.3 is 5.32 Å². The topological polar surface area (TPSA) is 37.8 Å². The monoisotopic (exact) mass is 337 g/mol. The normalized spacial score (nSPS) is 10.5. The van der Waals surface area contributed by atoms with Crippen LogP contribution < -0.4 is 5.32 Å². The van der Waals surface area contributed by atoms with E-state index >= 15 is 0 Å². The van der Waals surface area contributed by atoms with Crippen molar-refractivity contribution in [2.75, 3.05) is 17.6 Å². The van der Waals surface area contributed by atoms with E-state index in [2.05, 4.69) is 37.3 Å². The van der Waals surface area contributed by atoms with E-state index in [1.165, 1.54) is 0 Å². The number of para-hydroxylation sites is 1. The summed E-state index contributed by atoms with van der Waals surface area (Å²) in [5.41, 5.74) is 3.16. The summed E-state index contributed by atoms with van der Waals surface area (Å²) in [5, 5.41) is 4.24. The molecule has 0 amide bonds. The maximum absolute atomic E-state index is 4.41. The van der Waals surface area contributed by atoms with Gasteiger partial charge in [0.25, 0.3) is 0 Å². The third-order valence-corrected chi connectivity index (χ3v) is 4.02. The Labute approximate surface area is 126 Å². The summed E-state index contributed by atoms with van der Waals surface area (Å²) < 4.78 is 1.09. The first-order valence-corrected chi connectivity index (χ1v) is 7.86. The van der Waals surface area contributed by atoms with Crippen LogP contribution in [0, 0.1) is 13.8 Å². The Morgan fingerprint density at radius 2 is 1.84 bits per heavy atom. The lowest BCUT2D eigenvalue weighted by molar-refractivity contribution is 0.902. The first-order chi connectivity index (χ1) is 9.15. The third-order valence-electron chi connectivity index (χ3n) is 2.48. The van der Waals surface area contributed by atoms with Gasteiger partial charge in [0.1, 0.15) is 0 Å². The molecule has 0 aliphatic heterocycles. The van der Waals surface area contributed by atoms with Crippen LogP contribution >= 0.6 is 27.7 Å². The first-order valence-electron chi connectivity index (χ1n) is 6.08. The Balaban J connectivity index is 1.82. The van der Waals surface area contributed by atoms with Crippen LogP contribution in [-0.4, -0.2) is 22.3 Å². The van der Waals surface area contributed by atoms with Crippen LogP contribution in [0.2, 0.25) is 0 Å². The molecule has 0 spiro atoms. The van der Waals surface area contributed by atoms with Crippen molar-refractivity contribution >= 4 is 33.4 Å². The number of hydrogen-bond acceptors (Lipinski definition) is 4. The summed E-state index contributed by atoms with van der Waals surface area (Å²) in [6.07, 6.45) is 0. The van der Waals surface area contributed by atoms with Crippen LogP contribution in [0.1, 0.15) is 11.4 Å². The molecule has 1 N–H and O–H groups in total. The van der Waals surface area contributed by atoms with Crippen LogP contribution in [-0.2, 0) is 0 Å². The number of aryl methyl sites for hydroxylation is 2. The number of halogens is 1. The number of nitrogens with zero attached hydrogens (tertiary/aromatic N) is 2. The highest BCUT2D eigenvalue weighted by atomic mass is 79.9. The quantitative estimate of drug-likeness (QED) is 0.507. The van der Waals surface area contributed by atoms with E-state index in [1.54, 1.807) is 11.8 Å². The molecule has 0 radical (unpaired) electrons. The average Bonchev–Trinajstić information content (AvgIpc) is 2.35. The standard InChI is InChI=1S/C14H16BrN3S/c1-10-9-11(2)18-14(17-10)19-8-7-16-13-6-4-3-5-12(13)15/h3-6,9,16H,7-8H2,1-2H3. The molecule has 0 atom stereocenters. The van der Waals surface area contributed by atoms with Crippen LogP contribution in [0.3, 0.4) is 0 Å². The fraction of sp³-hybridized carbons (Fsp3) is 0.286. The second-order valence-corrected chi connectivity index (χ2v) is 6.10.